The van der Waals surface area contributed by atoms with Gasteiger partial charge < -0.3 is 19.6 Å². The first-order valence-corrected chi connectivity index (χ1v) is 7.04. The van der Waals surface area contributed by atoms with Crippen LogP contribution in [0, 0.1) is 20.8 Å². The SMILES string of the molecule is Cc1cc(C)cc(OCC(O)CNCc2ncc(C)o2)c1. The van der Waals surface area contributed by atoms with Crippen LogP contribution in [0.25, 0.3) is 0 Å². The lowest BCUT2D eigenvalue weighted by molar-refractivity contribution is 0.105. The molecule has 1 aromatic heterocycles. The molecule has 0 radical (unpaired) electrons. The van der Waals surface area contributed by atoms with Gasteiger partial charge in [-0.3, -0.25) is 0 Å². The first kappa shape index (κ1) is 15.5. The Labute approximate surface area is 125 Å². The van der Waals surface area contributed by atoms with Crippen LogP contribution < -0.4 is 10.1 Å². The Morgan fingerprint density at radius 3 is 2.57 bits per heavy atom. The van der Waals surface area contributed by atoms with E-state index in [0.717, 1.165) is 22.6 Å². The van der Waals surface area contributed by atoms with Crippen molar-refractivity contribution in [1.82, 2.24) is 10.3 Å². The number of nitrogens with zero attached hydrogens (tertiary/aromatic N) is 1. The fraction of sp³-hybridized carbons (Fsp3) is 0.438. The summed E-state index contributed by atoms with van der Waals surface area (Å²) >= 11 is 0. The van der Waals surface area contributed by atoms with Crippen molar-refractivity contribution in [1.29, 1.82) is 0 Å². The number of aliphatic hydroxyl groups is 1. The van der Waals surface area contributed by atoms with Crippen molar-refractivity contribution >= 4 is 0 Å². The van der Waals surface area contributed by atoms with Gasteiger partial charge in [0.05, 0.1) is 12.7 Å². The molecule has 0 aliphatic carbocycles. The molecule has 0 fully saturated rings. The van der Waals surface area contributed by atoms with Crippen molar-refractivity contribution in [2.45, 2.75) is 33.4 Å². The molecule has 2 aromatic rings. The molecule has 2 N–H and O–H groups in total. The topological polar surface area (TPSA) is 67.5 Å². The van der Waals surface area contributed by atoms with Gasteiger partial charge in [-0.25, -0.2) is 4.98 Å². The molecule has 0 bridgehead atoms. The molecule has 0 saturated carbocycles. The highest BCUT2D eigenvalue weighted by Crippen LogP contribution is 2.16. The van der Waals surface area contributed by atoms with E-state index < -0.39 is 6.10 Å². The maximum absolute atomic E-state index is 9.89. The second-order valence-electron chi connectivity index (χ2n) is 5.28. The summed E-state index contributed by atoms with van der Waals surface area (Å²) in [7, 11) is 0. The lowest BCUT2D eigenvalue weighted by Gasteiger charge is -2.13. The van der Waals surface area contributed by atoms with Gasteiger partial charge in [0.1, 0.15) is 24.2 Å². The van der Waals surface area contributed by atoms with Crippen molar-refractivity contribution < 1.29 is 14.3 Å². The summed E-state index contributed by atoms with van der Waals surface area (Å²) in [5.74, 6) is 2.19. The van der Waals surface area contributed by atoms with E-state index in [2.05, 4.69) is 16.4 Å². The van der Waals surface area contributed by atoms with Gasteiger partial charge in [0.2, 0.25) is 5.89 Å². The second kappa shape index (κ2) is 7.24. The van der Waals surface area contributed by atoms with E-state index in [-0.39, 0.29) is 6.61 Å². The number of benzene rings is 1. The quantitative estimate of drug-likeness (QED) is 0.817. The maximum Gasteiger partial charge on any atom is 0.208 e. The van der Waals surface area contributed by atoms with E-state index >= 15 is 0 Å². The average molecular weight is 290 g/mol. The molecule has 0 saturated heterocycles. The lowest BCUT2D eigenvalue weighted by atomic mass is 10.1. The van der Waals surface area contributed by atoms with Gasteiger partial charge in [0.15, 0.2) is 0 Å². The van der Waals surface area contributed by atoms with Gasteiger partial charge >= 0.3 is 0 Å². The molecule has 0 amide bonds. The van der Waals surface area contributed by atoms with E-state index in [9.17, 15) is 5.11 Å². The first-order chi connectivity index (χ1) is 10.0. The van der Waals surface area contributed by atoms with Gasteiger partial charge in [-0.15, -0.1) is 0 Å². The maximum atomic E-state index is 9.89. The molecule has 21 heavy (non-hydrogen) atoms. The smallest absolute Gasteiger partial charge is 0.208 e. The zero-order valence-electron chi connectivity index (χ0n) is 12.7. The van der Waals surface area contributed by atoms with Crippen molar-refractivity contribution in [3.63, 3.8) is 0 Å². The molecule has 1 unspecified atom stereocenters. The van der Waals surface area contributed by atoms with Crippen LogP contribution in [0.4, 0.5) is 0 Å². The zero-order valence-corrected chi connectivity index (χ0v) is 12.7. The monoisotopic (exact) mass is 290 g/mol. The third-order valence-corrected chi connectivity index (χ3v) is 2.96. The van der Waals surface area contributed by atoms with Crippen molar-refractivity contribution in [3.8, 4) is 5.75 Å². The molecule has 1 atom stereocenters. The standard InChI is InChI=1S/C16H22N2O3/c1-11-4-12(2)6-15(5-11)20-10-14(19)8-17-9-16-18-7-13(3)21-16/h4-7,14,17,19H,8-10H2,1-3H3. The number of rotatable bonds is 7. The number of aryl methyl sites for hydroxylation is 3. The van der Waals surface area contributed by atoms with Gasteiger partial charge in [-0.05, 0) is 44.0 Å². The van der Waals surface area contributed by atoms with Crippen LogP contribution in [0.15, 0.2) is 28.8 Å². The van der Waals surface area contributed by atoms with Crippen molar-refractivity contribution in [3.05, 3.63) is 47.2 Å². The Kier molecular flexibility index (Phi) is 5.36. The van der Waals surface area contributed by atoms with E-state index in [1.54, 1.807) is 6.20 Å². The highest BCUT2D eigenvalue weighted by atomic mass is 16.5. The highest BCUT2D eigenvalue weighted by molar-refractivity contribution is 5.32. The Hall–Kier alpha value is -1.85. The molecular formula is C16H22N2O3. The zero-order chi connectivity index (χ0) is 15.2. The molecule has 0 aliphatic rings. The summed E-state index contributed by atoms with van der Waals surface area (Å²) in [6.07, 6.45) is 1.10. The first-order valence-electron chi connectivity index (χ1n) is 7.04. The molecule has 1 heterocycles. The number of nitrogens with one attached hydrogen (secondary N) is 1. The largest absolute Gasteiger partial charge is 0.491 e. The summed E-state index contributed by atoms with van der Waals surface area (Å²) in [4.78, 5) is 4.08. The molecule has 0 aliphatic heterocycles. The summed E-state index contributed by atoms with van der Waals surface area (Å²) in [6.45, 7) is 7.07. The number of hydrogen-bond donors (Lipinski definition) is 2. The lowest BCUT2D eigenvalue weighted by Crippen LogP contribution is -2.31. The predicted octanol–water partition coefficient (Wildman–Crippen LogP) is 2.13. The minimum atomic E-state index is -0.582. The molecule has 0 spiro atoms. The summed E-state index contributed by atoms with van der Waals surface area (Å²) in [6, 6.07) is 6.01. The molecule has 114 valence electrons. The van der Waals surface area contributed by atoms with Gasteiger partial charge in [-0.2, -0.15) is 0 Å². The third-order valence-electron chi connectivity index (χ3n) is 2.96. The minimum absolute atomic E-state index is 0.251. The van der Waals surface area contributed by atoms with Crippen molar-refractivity contribution in [2.24, 2.45) is 0 Å². The van der Waals surface area contributed by atoms with Crippen LogP contribution in [0.2, 0.25) is 0 Å². The molecule has 5 heteroatoms. The van der Waals surface area contributed by atoms with Gasteiger partial charge in [0.25, 0.3) is 0 Å². The highest BCUT2D eigenvalue weighted by Gasteiger charge is 2.07. The molecule has 5 nitrogen and oxygen atoms in total. The van der Waals surface area contributed by atoms with Crippen molar-refractivity contribution in [2.75, 3.05) is 13.2 Å². The average Bonchev–Trinajstić information content (AvgIpc) is 2.81. The van der Waals surface area contributed by atoms with E-state index in [4.69, 9.17) is 9.15 Å². The number of hydrogen-bond acceptors (Lipinski definition) is 5. The van der Waals surface area contributed by atoms with Crippen LogP contribution in [-0.2, 0) is 6.54 Å². The van der Waals surface area contributed by atoms with Crippen LogP contribution in [0.1, 0.15) is 22.8 Å². The fourth-order valence-electron chi connectivity index (χ4n) is 2.10. The normalized spacial score (nSPS) is 12.4. The molecule has 1 aromatic carbocycles. The summed E-state index contributed by atoms with van der Waals surface area (Å²) in [5, 5.41) is 13.0. The number of aliphatic hydroxyl groups excluding tert-OH is 1. The summed E-state index contributed by atoms with van der Waals surface area (Å²) < 4.78 is 10.9. The molecular weight excluding hydrogens is 268 g/mol. The number of aromatic nitrogens is 1. The van der Waals surface area contributed by atoms with Crippen LogP contribution >= 0.6 is 0 Å². The van der Waals surface area contributed by atoms with Crippen LogP contribution in [-0.4, -0.2) is 29.3 Å². The number of ether oxygens (including phenoxy) is 1. The Balaban J connectivity index is 1.70. The van der Waals surface area contributed by atoms with Gasteiger partial charge in [-0.1, -0.05) is 6.07 Å². The Morgan fingerprint density at radius 1 is 1.24 bits per heavy atom. The van der Waals surface area contributed by atoms with Crippen LogP contribution in [0.3, 0.4) is 0 Å². The Bertz CT molecular complexity index is 560. The number of oxazole rings is 1. The van der Waals surface area contributed by atoms with E-state index in [1.165, 1.54) is 0 Å². The predicted molar refractivity (Wildman–Crippen MR) is 80.4 cm³/mol. The summed E-state index contributed by atoms with van der Waals surface area (Å²) in [5.41, 5.74) is 2.30. The van der Waals surface area contributed by atoms with E-state index in [1.807, 2.05) is 32.9 Å². The second-order valence-corrected chi connectivity index (χ2v) is 5.28. The van der Waals surface area contributed by atoms with Gasteiger partial charge in [0, 0.05) is 6.54 Å². The fourth-order valence-corrected chi connectivity index (χ4v) is 2.10. The van der Waals surface area contributed by atoms with E-state index in [0.29, 0.717) is 19.0 Å². The molecule has 2 rings (SSSR count). The minimum Gasteiger partial charge on any atom is -0.491 e. The third kappa shape index (κ3) is 5.21. The van der Waals surface area contributed by atoms with Crippen LogP contribution in [0.5, 0.6) is 5.75 Å². The Morgan fingerprint density at radius 2 is 1.95 bits per heavy atom.